The molecule has 0 unspecified atom stereocenters. The lowest BCUT2D eigenvalue weighted by atomic mass is 10.0. The fourth-order valence-corrected chi connectivity index (χ4v) is 4.08. The van der Waals surface area contributed by atoms with Gasteiger partial charge in [-0.1, -0.05) is 30.3 Å². The average molecular weight is 411 g/mol. The maximum absolute atomic E-state index is 12.8. The minimum Gasteiger partial charge on any atom is -0.465 e. The molecule has 0 saturated heterocycles. The monoisotopic (exact) mass is 410 g/mol. The second-order valence-corrected chi connectivity index (χ2v) is 7.33. The van der Waals surface area contributed by atoms with E-state index in [1.54, 1.807) is 44.2 Å². The normalized spacial score (nSPS) is 10.0. The fraction of sp³-hybridized carbons (Fsp3) is 0.368. The number of rotatable bonds is 11. The Bertz CT molecular complexity index is 688. The van der Waals surface area contributed by atoms with Crippen molar-refractivity contribution in [3.63, 3.8) is 0 Å². The molecule has 0 aliphatic carbocycles. The predicted molar refractivity (Wildman–Crippen MR) is 107 cm³/mol. The summed E-state index contributed by atoms with van der Waals surface area (Å²) in [5.74, 6) is -1.97. The van der Waals surface area contributed by atoms with Crippen molar-refractivity contribution in [2.24, 2.45) is 0 Å². The summed E-state index contributed by atoms with van der Waals surface area (Å²) < 4.78 is 10.1. The van der Waals surface area contributed by atoms with Gasteiger partial charge in [-0.15, -0.1) is 23.5 Å². The highest BCUT2D eigenvalue weighted by Gasteiger charge is 2.24. The smallest absolute Gasteiger partial charge is 0.316 e. The van der Waals surface area contributed by atoms with E-state index in [4.69, 9.17) is 9.47 Å². The molecule has 0 N–H and O–H groups in total. The van der Waals surface area contributed by atoms with Gasteiger partial charge in [0.2, 0.25) is 0 Å². The van der Waals surface area contributed by atoms with E-state index in [0.717, 1.165) is 23.5 Å². The van der Waals surface area contributed by atoms with Gasteiger partial charge in [0.05, 0.1) is 34.5 Å². The Labute approximate surface area is 167 Å². The molecule has 0 fully saturated rings. The largest absolute Gasteiger partial charge is 0.465 e. The van der Waals surface area contributed by atoms with Crippen LogP contribution in [0.2, 0.25) is 0 Å². The molecule has 0 aromatic heterocycles. The van der Waals surface area contributed by atoms with Gasteiger partial charge in [0.1, 0.15) is 0 Å². The molecule has 27 heavy (non-hydrogen) atoms. The Hall–Kier alpha value is -2.06. The summed E-state index contributed by atoms with van der Waals surface area (Å²) in [5.41, 5.74) is 0.304. The second-order valence-electron chi connectivity index (χ2n) is 5.10. The zero-order valence-corrected chi connectivity index (χ0v) is 17.1. The molecule has 0 aliphatic rings. The summed E-state index contributed by atoms with van der Waals surface area (Å²) in [7, 11) is 0. The molecule has 1 rings (SSSR count). The first-order chi connectivity index (χ1) is 12.9. The number of ketones is 2. The fourth-order valence-electron chi connectivity index (χ4n) is 1.97. The van der Waals surface area contributed by atoms with Crippen molar-refractivity contribution < 1.29 is 28.7 Å². The van der Waals surface area contributed by atoms with Gasteiger partial charge in [0.15, 0.2) is 11.6 Å². The summed E-state index contributed by atoms with van der Waals surface area (Å²) in [6, 6.07) is 8.37. The molecular weight excluding hydrogens is 388 g/mol. The lowest BCUT2D eigenvalue weighted by Gasteiger charge is -2.12. The third-order valence-corrected chi connectivity index (χ3v) is 5.47. The molecule has 0 radical (unpaired) electrons. The van der Waals surface area contributed by atoms with Crippen LogP contribution in [0.3, 0.4) is 0 Å². The lowest BCUT2D eigenvalue weighted by Crippen LogP contribution is -2.15. The highest BCUT2D eigenvalue weighted by molar-refractivity contribution is 8.22. The molecule has 0 aliphatic heterocycles. The molecular formula is C19H22O6S2. The summed E-state index contributed by atoms with van der Waals surface area (Å²) >= 11 is 2.02. The Morgan fingerprint density at radius 1 is 0.852 bits per heavy atom. The Kier molecular flexibility index (Phi) is 10.5. The molecule has 146 valence electrons. The maximum atomic E-state index is 12.8. The van der Waals surface area contributed by atoms with E-state index >= 15 is 0 Å². The minimum absolute atomic E-state index is 0.0511. The van der Waals surface area contributed by atoms with Crippen LogP contribution in [0.5, 0.6) is 0 Å². The van der Waals surface area contributed by atoms with Crippen molar-refractivity contribution in [3.8, 4) is 0 Å². The van der Waals surface area contributed by atoms with Crippen LogP contribution in [-0.2, 0) is 23.9 Å². The lowest BCUT2D eigenvalue weighted by molar-refractivity contribution is -0.140. The van der Waals surface area contributed by atoms with Crippen molar-refractivity contribution in [1.82, 2.24) is 0 Å². The van der Waals surface area contributed by atoms with Gasteiger partial charge in [0.25, 0.3) is 0 Å². The van der Waals surface area contributed by atoms with Crippen molar-refractivity contribution in [1.29, 1.82) is 0 Å². The first-order valence-corrected chi connectivity index (χ1v) is 10.3. The topological polar surface area (TPSA) is 86.7 Å². The summed E-state index contributed by atoms with van der Waals surface area (Å²) in [4.78, 5) is 48.4. The van der Waals surface area contributed by atoms with Crippen LogP contribution < -0.4 is 0 Å². The van der Waals surface area contributed by atoms with Crippen LogP contribution >= 0.6 is 23.5 Å². The van der Waals surface area contributed by atoms with Gasteiger partial charge >= 0.3 is 11.9 Å². The highest BCUT2D eigenvalue weighted by atomic mass is 32.2. The van der Waals surface area contributed by atoms with Gasteiger partial charge < -0.3 is 9.47 Å². The van der Waals surface area contributed by atoms with E-state index in [9.17, 15) is 19.2 Å². The van der Waals surface area contributed by atoms with Crippen molar-refractivity contribution in [2.75, 3.05) is 24.7 Å². The number of hydrogen-bond acceptors (Lipinski definition) is 8. The summed E-state index contributed by atoms with van der Waals surface area (Å²) in [6.07, 6.45) is 0. The van der Waals surface area contributed by atoms with E-state index in [0.29, 0.717) is 9.80 Å². The number of allylic oxidation sites excluding steroid dienone is 1. The second kappa shape index (κ2) is 12.3. The molecule has 0 atom stereocenters. The summed E-state index contributed by atoms with van der Waals surface area (Å²) in [5, 5.41) is 0. The molecule has 0 bridgehead atoms. The number of esters is 2. The van der Waals surface area contributed by atoms with Gasteiger partial charge in [-0.3, -0.25) is 19.2 Å². The standard InChI is InChI=1S/C19H22O6S2/c1-4-24-15(21)11-26-19(27-12-16(22)25-5-2)17(13(3)20)18(23)14-9-7-6-8-10-14/h6-10H,4-5,11-12H2,1-3H3. The number of hydrogen-bond donors (Lipinski definition) is 0. The Morgan fingerprint density at radius 3 is 1.74 bits per heavy atom. The van der Waals surface area contributed by atoms with E-state index < -0.39 is 23.5 Å². The van der Waals surface area contributed by atoms with Crippen molar-refractivity contribution in [2.45, 2.75) is 20.8 Å². The zero-order valence-electron chi connectivity index (χ0n) is 15.5. The van der Waals surface area contributed by atoms with Crippen LogP contribution in [0.1, 0.15) is 31.1 Å². The SMILES string of the molecule is CCOC(=O)CSC(SCC(=O)OCC)=C(C(C)=O)C(=O)c1ccccc1. The minimum atomic E-state index is -0.466. The number of carbonyl (C=O) groups excluding carboxylic acids is 4. The molecule has 0 spiro atoms. The highest BCUT2D eigenvalue weighted by Crippen LogP contribution is 2.34. The Morgan fingerprint density at radius 2 is 1.33 bits per heavy atom. The molecule has 8 heteroatoms. The van der Waals surface area contributed by atoms with Gasteiger partial charge in [-0.05, 0) is 20.8 Å². The van der Waals surface area contributed by atoms with Gasteiger partial charge in [-0.25, -0.2) is 0 Å². The molecule has 1 aromatic rings. The summed E-state index contributed by atoms with van der Waals surface area (Å²) in [6.45, 7) is 5.13. The van der Waals surface area contributed by atoms with E-state index in [2.05, 4.69) is 0 Å². The van der Waals surface area contributed by atoms with E-state index in [1.165, 1.54) is 6.92 Å². The average Bonchev–Trinajstić information content (AvgIpc) is 2.64. The molecule has 6 nitrogen and oxygen atoms in total. The van der Waals surface area contributed by atoms with Crippen LogP contribution in [-0.4, -0.2) is 48.2 Å². The Balaban J connectivity index is 3.16. The van der Waals surface area contributed by atoms with Crippen LogP contribution in [0, 0.1) is 0 Å². The molecule has 0 amide bonds. The zero-order chi connectivity index (χ0) is 20.2. The van der Waals surface area contributed by atoms with Crippen molar-refractivity contribution >= 4 is 47.0 Å². The quantitative estimate of drug-likeness (QED) is 0.181. The molecule has 0 heterocycles. The van der Waals surface area contributed by atoms with Gasteiger partial charge in [-0.2, -0.15) is 0 Å². The van der Waals surface area contributed by atoms with Crippen LogP contribution in [0.4, 0.5) is 0 Å². The van der Waals surface area contributed by atoms with E-state index in [1.807, 2.05) is 0 Å². The molecule has 1 aromatic carbocycles. The first kappa shape index (κ1) is 23.0. The number of thioether (sulfide) groups is 2. The predicted octanol–water partition coefficient (Wildman–Crippen LogP) is 3.26. The first-order valence-electron chi connectivity index (χ1n) is 8.32. The third kappa shape index (κ3) is 8.01. The number of carbonyl (C=O) groups is 4. The number of ether oxygens (including phenoxy) is 2. The van der Waals surface area contributed by atoms with Crippen molar-refractivity contribution in [3.05, 3.63) is 45.7 Å². The van der Waals surface area contributed by atoms with E-state index in [-0.39, 0.29) is 30.3 Å². The van der Waals surface area contributed by atoms with Crippen LogP contribution in [0.15, 0.2) is 40.1 Å². The number of benzene rings is 1. The van der Waals surface area contributed by atoms with Crippen LogP contribution in [0.25, 0.3) is 0 Å². The van der Waals surface area contributed by atoms with Gasteiger partial charge in [0, 0.05) is 5.56 Å². The molecule has 0 saturated carbocycles. The third-order valence-electron chi connectivity index (χ3n) is 3.07. The number of Topliss-reactive ketones (excluding diaryl/α,β-unsaturated/α-hetero) is 2. The maximum Gasteiger partial charge on any atom is 0.316 e.